The number of rotatable bonds is 8. The van der Waals surface area contributed by atoms with Crippen molar-refractivity contribution < 1.29 is 14.0 Å². The standard InChI is InChI=1S/C23H32N4O3/c1-3-26(4-2)23(29)18-25-13-8-14-27(16-15-25)22(28)12-11-21-24-17-20(30-21)19-9-6-5-7-10-19/h5-7,9-10,17H,3-4,8,11-16,18H2,1-2H3. The highest BCUT2D eigenvalue weighted by Crippen LogP contribution is 2.20. The number of hydrogen-bond donors (Lipinski definition) is 0. The molecule has 7 nitrogen and oxygen atoms in total. The summed E-state index contributed by atoms with van der Waals surface area (Å²) in [4.78, 5) is 35.3. The van der Waals surface area contributed by atoms with E-state index in [4.69, 9.17) is 4.42 Å². The molecule has 7 heteroatoms. The predicted molar refractivity (Wildman–Crippen MR) is 116 cm³/mol. The molecule has 1 saturated heterocycles. The fourth-order valence-corrected chi connectivity index (χ4v) is 3.78. The molecule has 0 N–H and O–H groups in total. The maximum absolute atomic E-state index is 12.7. The molecule has 0 aliphatic carbocycles. The van der Waals surface area contributed by atoms with Gasteiger partial charge in [-0.15, -0.1) is 0 Å². The van der Waals surface area contributed by atoms with Crippen molar-refractivity contribution in [2.24, 2.45) is 0 Å². The summed E-state index contributed by atoms with van der Waals surface area (Å²) in [5, 5.41) is 0. The SMILES string of the molecule is CCN(CC)C(=O)CN1CCCN(C(=O)CCc2ncc(-c3ccccc3)o2)CC1. The molecule has 1 aromatic carbocycles. The van der Waals surface area contributed by atoms with Gasteiger partial charge in [0.15, 0.2) is 11.7 Å². The van der Waals surface area contributed by atoms with Crippen LogP contribution in [0.5, 0.6) is 0 Å². The zero-order valence-corrected chi connectivity index (χ0v) is 18.0. The van der Waals surface area contributed by atoms with E-state index >= 15 is 0 Å². The summed E-state index contributed by atoms with van der Waals surface area (Å²) in [7, 11) is 0. The molecular weight excluding hydrogens is 380 g/mol. The number of likely N-dealkylation sites (N-methyl/N-ethyl adjacent to an activating group) is 1. The quantitative estimate of drug-likeness (QED) is 0.667. The second-order valence-corrected chi connectivity index (χ2v) is 7.56. The lowest BCUT2D eigenvalue weighted by Crippen LogP contribution is -2.42. The number of aromatic nitrogens is 1. The highest BCUT2D eigenvalue weighted by molar-refractivity contribution is 5.78. The van der Waals surface area contributed by atoms with Gasteiger partial charge in [0.05, 0.1) is 12.7 Å². The average Bonchev–Trinajstić information content (AvgIpc) is 3.12. The zero-order valence-electron chi connectivity index (χ0n) is 18.0. The fraction of sp³-hybridized carbons (Fsp3) is 0.522. The van der Waals surface area contributed by atoms with Crippen LogP contribution in [0, 0.1) is 0 Å². The summed E-state index contributed by atoms with van der Waals surface area (Å²) in [6.45, 7) is 8.87. The minimum absolute atomic E-state index is 0.117. The predicted octanol–water partition coefficient (Wildman–Crippen LogP) is 2.68. The van der Waals surface area contributed by atoms with E-state index in [0.717, 1.165) is 50.5 Å². The van der Waals surface area contributed by atoms with E-state index in [9.17, 15) is 9.59 Å². The number of nitrogens with zero attached hydrogens (tertiary/aromatic N) is 4. The van der Waals surface area contributed by atoms with Crippen molar-refractivity contribution in [3.63, 3.8) is 0 Å². The Labute approximate surface area is 178 Å². The number of carbonyl (C=O) groups is 2. The molecule has 2 amide bonds. The van der Waals surface area contributed by atoms with Gasteiger partial charge in [0.25, 0.3) is 0 Å². The van der Waals surface area contributed by atoms with Crippen LogP contribution in [0.15, 0.2) is 40.9 Å². The van der Waals surface area contributed by atoms with Crippen molar-refractivity contribution in [2.45, 2.75) is 33.1 Å². The summed E-state index contributed by atoms with van der Waals surface area (Å²) in [6.07, 6.45) is 3.47. The first-order chi connectivity index (χ1) is 14.6. The van der Waals surface area contributed by atoms with E-state index in [2.05, 4.69) is 9.88 Å². The average molecular weight is 413 g/mol. The molecular formula is C23H32N4O3. The van der Waals surface area contributed by atoms with Gasteiger partial charge in [-0.1, -0.05) is 30.3 Å². The molecule has 1 aliphatic rings. The number of aryl methyl sites for hydroxylation is 1. The summed E-state index contributed by atoms with van der Waals surface area (Å²) in [5.41, 5.74) is 0.981. The number of benzene rings is 1. The lowest BCUT2D eigenvalue weighted by molar-refractivity contribution is -0.132. The van der Waals surface area contributed by atoms with Gasteiger partial charge in [-0.3, -0.25) is 14.5 Å². The molecule has 2 aromatic rings. The Bertz CT molecular complexity index is 817. The lowest BCUT2D eigenvalue weighted by atomic mass is 10.2. The monoisotopic (exact) mass is 412 g/mol. The van der Waals surface area contributed by atoms with Gasteiger partial charge in [-0.25, -0.2) is 4.98 Å². The molecule has 1 aromatic heterocycles. The van der Waals surface area contributed by atoms with Crippen LogP contribution < -0.4 is 0 Å². The van der Waals surface area contributed by atoms with Crippen molar-refractivity contribution in [3.8, 4) is 11.3 Å². The van der Waals surface area contributed by atoms with Crippen LogP contribution in [0.3, 0.4) is 0 Å². The van der Waals surface area contributed by atoms with Gasteiger partial charge in [-0.05, 0) is 20.3 Å². The zero-order chi connectivity index (χ0) is 21.3. The van der Waals surface area contributed by atoms with Crippen LogP contribution in [0.1, 0.15) is 32.6 Å². The van der Waals surface area contributed by atoms with Crippen LogP contribution in [-0.4, -0.2) is 77.3 Å². The van der Waals surface area contributed by atoms with Crippen molar-refractivity contribution in [3.05, 3.63) is 42.4 Å². The van der Waals surface area contributed by atoms with Gasteiger partial charge in [0.2, 0.25) is 11.8 Å². The second kappa shape index (κ2) is 10.9. The van der Waals surface area contributed by atoms with E-state index in [0.29, 0.717) is 31.8 Å². The molecule has 1 aliphatic heterocycles. The number of hydrogen-bond acceptors (Lipinski definition) is 5. The molecule has 1 fully saturated rings. The third-order valence-corrected chi connectivity index (χ3v) is 5.58. The van der Waals surface area contributed by atoms with E-state index < -0.39 is 0 Å². The molecule has 0 saturated carbocycles. The highest BCUT2D eigenvalue weighted by atomic mass is 16.4. The first kappa shape index (κ1) is 22.0. The molecule has 0 bridgehead atoms. The summed E-state index contributed by atoms with van der Waals surface area (Å²) in [5.74, 6) is 1.59. The number of carbonyl (C=O) groups excluding carboxylic acids is 2. The van der Waals surface area contributed by atoms with Crippen LogP contribution >= 0.6 is 0 Å². The Morgan fingerprint density at radius 1 is 1.07 bits per heavy atom. The number of amides is 2. The van der Waals surface area contributed by atoms with E-state index in [1.54, 1.807) is 6.20 Å². The van der Waals surface area contributed by atoms with E-state index in [-0.39, 0.29) is 11.8 Å². The normalized spacial score (nSPS) is 15.1. The molecule has 0 atom stereocenters. The Kier molecular flexibility index (Phi) is 8.02. The van der Waals surface area contributed by atoms with Crippen LogP contribution in [0.2, 0.25) is 0 Å². The van der Waals surface area contributed by atoms with E-state index in [1.807, 2.05) is 54.0 Å². The van der Waals surface area contributed by atoms with Crippen LogP contribution in [0.25, 0.3) is 11.3 Å². The van der Waals surface area contributed by atoms with Crippen LogP contribution in [-0.2, 0) is 16.0 Å². The van der Waals surface area contributed by atoms with Crippen molar-refractivity contribution >= 4 is 11.8 Å². The molecule has 30 heavy (non-hydrogen) atoms. The maximum Gasteiger partial charge on any atom is 0.236 e. The smallest absolute Gasteiger partial charge is 0.236 e. The maximum atomic E-state index is 12.7. The molecule has 0 spiro atoms. The van der Waals surface area contributed by atoms with Gasteiger partial charge in [0, 0.05) is 57.7 Å². The Balaban J connectivity index is 1.46. The lowest BCUT2D eigenvalue weighted by Gasteiger charge is -2.25. The number of oxazole rings is 1. The minimum Gasteiger partial charge on any atom is -0.441 e. The van der Waals surface area contributed by atoms with Crippen molar-refractivity contribution in [1.29, 1.82) is 0 Å². The summed E-state index contributed by atoms with van der Waals surface area (Å²) in [6, 6.07) is 9.83. The fourth-order valence-electron chi connectivity index (χ4n) is 3.78. The first-order valence-corrected chi connectivity index (χ1v) is 10.9. The van der Waals surface area contributed by atoms with Gasteiger partial charge in [-0.2, -0.15) is 0 Å². The second-order valence-electron chi connectivity index (χ2n) is 7.56. The van der Waals surface area contributed by atoms with Gasteiger partial charge < -0.3 is 14.2 Å². The highest BCUT2D eigenvalue weighted by Gasteiger charge is 2.22. The molecule has 162 valence electrons. The molecule has 2 heterocycles. The van der Waals surface area contributed by atoms with Crippen molar-refractivity contribution in [2.75, 3.05) is 45.8 Å². The first-order valence-electron chi connectivity index (χ1n) is 10.9. The third-order valence-electron chi connectivity index (χ3n) is 5.58. The molecule has 3 rings (SSSR count). The Hall–Kier alpha value is -2.67. The molecule has 0 radical (unpaired) electrons. The summed E-state index contributed by atoms with van der Waals surface area (Å²) >= 11 is 0. The van der Waals surface area contributed by atoms with E-state index in [1.165, 1.54) is 0 Å². The summed E-state index contributed by atoms with van der Waals surface area (Å²) < 4.78 is 5.80. The van der Waals surface area contributed by atoms with Gasteiger partial charge in [0.1, 0.15) is 0 Å². The van der Waals surface area contributed by atoms with Crippen molar-refractivity contribution in [1.82, 2.24) is 19.7 Å². The Morgan fingerprint density at radius 3 is 2.57 bits per heavy atom. The topological polar surface area (TPSA) is 69.9 Å². The van der Waals surface area contributed by atoms with Crippen LogP contribution in [0.4, 0.5) is 0 Å². The largest absolute Gasteiger partial charge is 0.441 e. The van der Waals surface area contributed by atoms with Gasteiger partial charge >= 0.3 is 0 Å². The minimum atomic E-state index is 0.117. The molecule has 0 unspecified atom stereocenters. The third kappa shape index (κ3) is 5.92. The Morgan fingerprint density at radius 2 is 1.83 bits per heavy atom.